The van der Waals surface area contributed by atoms with Gasteiger partial charge in [0, 0.05) is 30.2 Å². The van der Waals surface area contributed by atoms with Crippen LogP contribution in [0.15, 0.2) is 53.3 Å². The van der Waals surface area contributed by atoms with Crippen LogP contribution in [0.2, 0.25) is 0 Å². The SMILES string of the molecule is O=C(NCC1CCCCC1)c1nc(-c2ccc(-n3cccc3)cc2)no1. The molecule has 1 amide bonds. The summed E-state index contributed by atoms with van der Waals surface area (Å²) in [6.07, 6.45) is 10.2. The molecule has 2 aromatic heterocycles. The second-order valence-corrected chi connectivity index (χ2v) is 6.77. The molecule has 134 valence electrons. The van der Waals surface area contributed by atoms with Crippen molar-refractivity contribution in [1.82, 2.24) is 20.0 Å². The standard InChI is InChI=1S/C20H22N4O2/c25-19(21-14-15-6-2-1-3-7-15)20-22-18(23-26-20)16-8-10-17(11-9-16)24-12-4-5-13-24/h4-5,8-13,15H,1-3,6-7,14H2,(H,21,25). The number of nitrogens with one attached hydrogen (secondary N) is 1. The molecular weight excluding hydrogens is 328 g/mol. The summed E-state index contributed by atoms with van der Waals surface area (Å²) in [6, 6.07) is 11.8. The summed E-state index contributed by atoms with van der Waals surface area (Å²) < 4.78 is 7.16. The fraction of sp³-hybridized carbons (Fsp3) is 0.350. The van der Waals surface area contributed by atoms with Crippen molar-refractivity contribution in [2.75, 3.05) is 6.54 Å². The Hall–Kier alpha value is -2.89. The van der Waals surface area contributed by atoms with E-state index in [1.807, 2.05) is 53.4 Å². The number of hydrogen-bond acceptors (Lipinski definition) is 4. The molecule has 0 aliphatic heterocycles. The number of carbonyl (C=O) groups is 1. The molecule has 6 heteroatoms. The van der Waals surface area contributed by atoms with Crippen LogP contribution in [0.3, 0.4) is 0 Å². The van der Waals surface area contributed by atoms with Crippen LogP contribution in [0.5, 0.6) is 0 Å². The Morgan fingerprint density at radius 1 is 1.12 bits per heavy atom. The van der Waals surface area contributed by atoms with Gasteiger partial charge in [-0.15, -0.1) is 0 Å². The molecule has 1 aromatic carbocycles. The van der Waals surface area contributed by atoms with Crippen LogP contribution in [-0.4, -0.2) is 27.2 Å². The molecule has 1 aliphatic rings. The van der Waals surface area contributed by atoms with Crippen LogP contribution in [0.25, 0.3) is 17.1 Å². The van der Waals surface area contributed by atoms with Crippen molar-refractivity contribution in [1.29, 1.82) is 0 Å². The number of amides is 1. The van der Waals surface area contributed by atoms with E-state index in [4.69, 9.17) is 4.52 Å². The van der Waals surface area contributed by atoms with Crippen LogP contribution in [-0.2, 0) is 0 Å². The zero-order chi connectivity index (χ0) is 17.8. The summed E-state index contributed by atoms with van der Waals surface area (Å²) in [5, 5.41) is 6.86. The van der Waals surface area contributed by atoms with Gasteiger partial charge in [0.05, 0.1) is 0 Å². The van der Waals surface area contributed by atoms with Gasteiger partial charge in [-0.2, -0.15) is 4.98 Å². The van der Waals surface area contributed by atoms with E-state index in [0.29, 0.717) is 18.3 Å². The van der Waals surface area contributed by atoms with Gasteiger partial charge < -0.3 is 14.4 Å². The first kappa shape index (κ1) is 16.6. The van der Waals surface area contributed by atoms with Gasteiger partial charge >= 0.3 is 11.8 Å². The monoisotopic (exact) mass is 350 g/mol. The topological polar surface area (TPSA) is 73.0 Å². The normalized spacial score (nSPS) is 15.1. The van der Waals surface area contributed by atoms with Gasteiger partial charge in [0.1, 0.15) is 0 Å². The first-order valence-corrected chi connectivity index (χ1v) is 9.15. The molecule has 2 heterocycles. The van der Waals surface area contributed by atoms with Crippen molar-refractivity contribution >= 4 is 5.91 Å². The number of benzene rings is 1. The largest absolute Gasteiger partial charge is 0.348 e. The van der Waals surface area contributed by atoms with Gasteiger partial charge in [-0.05, 0) is 55.2 Å². The highest BCUT2D eigenvalue weighted by molar-refractivity contribution is 5.89. The zero-order valence-corrected chi connectivity index (χ0v) is 14.6. The Balaban J connectivity index is 1.39. The van der Waals surface area contributed by atoms with E-state index < -0.39 is 0 Å². The lowest BCUT2D eigenvalue weighted by Gasteiger charge is -2.21. The molecule has 1 aliphatic carbocycles. The van der Waals surface area contributed by atoms with Gasteiger partial charge in [0.2, 0.25) is 5.82 Å². The lowest BCUT2D eigenvalue weighted by Crippen LogP contribution is -2.30. The highest BCUT2D eigenvalue weighted by atomic mass is 16.5. The molecule has 0 saturated heterocycles. The maximum atomic E-state index is 12.2. The maximum absolute atomic E-state index is 12.2. The fourth-order valence-electron chi connectivity index (χ4n) is 3.43. The minimum atomic E-state index is -0.293. The highest BCUT2D eigenvalue weighted by Crippen LogP contribution is 2.23. The van der Waals surface area contributed by atoms with Crippen LogP contribution in [0, 0.1) is 5.92 Å². The molecule has 1 N–H and O–H groups in total. The Bertz CT molecular complexity index is 846. The third-order valence-corrected chi connectivity index (χ3v) is 4.92. The lowest BCUT2D eigenvalue weighted by atomic mass is 9.89. The highest BCUT2D eigenvalue weighted by Gasteiger charge is 2.19. The molecule has 0 radical (unpaired) electrons. The average molecular weight is 350 g/mol. The van der Waals surface area contributed by atoms with Crippen molar-refractivity contribution in [3.8, 4) is 17.1 Å². The molecule has 1 saturated carbocycles. The van der Waals surface area contributed by atoms with E-state index in [1.54, 1.807) is 0 Å². The Morgan fingerprint density at radius 3 is 2.58 bits per heavy atom. The van der Waals surface area contributed by atoms with Crippen molar-refractivity contribution in [2.45, 2.75) is 32.1 Å². The van der Waals surface area contributed by atoms with E-state index in [-0.39, 0.29) is 11.8 Å². The summed E-state index contributed by atoms with van der Waals surface area (Å²) in [5.74, 6) is 0.715. The fourth-order valence-corrected chi connectivity index (χ4v) is 3.43. The van der Waals surface area contributed by atoms with Gasteiger partial charge in [-0.3, -0.25) is 4.79 Å². The zero-order valence-electron chi connectivity index (χ0n) is 14.6. The van der Waals surface area contributed by atoms with E-state index in [1.165, 1.54) is 32.1 Å². The predicted molar refractivity (Wildman–Crippen MR) is 98.0 cm³/mol. The van der Waals surface area contributed by atoms with Crippen LogP contribution in [0.4, 0.5) is 0 Å². The maximum Gasteiger partial charge on any atom is 0.316 e. The summed E-state index contributed by atoms with van der Waals surface area (Å²) in [6.45, 7) is 0.683. The van der Waals surface area contributed by atoms with Crippen molar-refractivity contribution in [2.24, 2.45) is 5.92 Å². The molecule has 3 aromatic rings. The van der Waals surface area contributed by atoms with Crippen LogP contribution in [0.1, 0.15) is 42.8 Å². The molecule has 1 fully saturated rings. The summed E-state index contributed by atoms with van der Waals surface area (Å²) in [5.41, 5.74) is 1.86. The van der Waals surface area contributed by atoms with E-state index in [9.17, 15) is 4.79 Å². The third-order valence-electron chi connectivity index (χ3n) is 4.92. The summed E-state index contributed by atoms with van der Waals surface area (Å²) in [4.78, 5) is 16.5. The van der Waals surface area contributed by atoms with Crippen LogP contribution >= 0.6 is 0 Å². The molecule has 0 spiro atoms. The minimum Gasteiger partial charge on any atom is -0.348 e. The Morgan fingerprint density at radius 2 is 1.85 bits per heavy atom. The van der Waals surface area contributed by atoms with Crippen LogP contribution < -0.4 is 5.32 Å². The second kappa shape index (κ2) is 7.56. The third kappa shape index (κ3) is 3.69. The lowest BCUT2D eigenvalue weighted by molar-refractivity contribution is 0.0899. The number of aromatic nitrogens is 3. The first-order valence-electron chi connectivity index (χ1n) is 9.15. The second-order valence-electron chi connectivity index (χ2n) is 6.77. The van der Waals surface area contributed by atoms with E-state index >= 15 is 0 Å². The average Bonchev–Trinajstić information content (AvgIpc) is 3.39. The van der Waals surface area contributed by atoms with Crippen molar-refractivity contribution in [3.05, 3.63) is 54.7 Å². The Kier molecular flexibility index (Phi) is 4.82. The number of carbonyl (C=O) groups excluding carboxylic acids is 1. The quantitative estimate of drug-likeness (QED) is 0.759. The summed E-state index contributed by atoms with van der Waals surface area (Å²) in [7, 11) is 0. The number of rotatable bonds is 5. The molecular formula is C20H22N4O2. The van der Waals surface area contributed by atoms with Gasteiger partial charge in [-0.1, -0.05) is 24.4 Å². The number of hydrogen-bond donors (Lipinski definition) is 1. The first-order chi connectivity index (χ1) is 12.8. The van der Waals surface area contributed by atoms with Gasteiger partial charge in [-0.25, -0.2) is 0 Å². The van der Waals surface area contributed by atoms with Gasteiger partial charge in [0.25, 0.3) is 0 Å². The molecule has 0 atom stereocenters. The van der Waals surface area contributed by atoms with E-state index in [0.717, 1.165) is 11.3 Å². The molecule has 4 rings (SSSR count). The number of nitrogens with zero attached hydrogens (tertiary/aromatic N) is 3. The molecule has 26 heavy (non-hydrogen) atoms. The van der Waals surface area contributed by atoms with Gasteiger partial charge in [0.15, 0.2) is 0 Å². The molecule has 0 bridgehead atoms. The van der Waals surface area contributed by atoms with Crippen molar-refractivity contribution < 1.29 is 9.32 Å². The van der Waals surface area contributed by atoms with E-state index in [2.05, 4.69) is 15.5 Å². The molecule has 0 unspecified atom stereocenters. The molecule has 6 nitrogen and oxygen atoms in total. The minimum absolute atomic E-state index is 0.0188. The predicted octanol–water partition coefficient (Wildman–Crippen LogP) is 3.84. The Labute approximate surface area is 152 Å². The van der Waals surface area contributed by atoms with Crippen molar-refractivity contribution in [3.63, 3.8) is 0 Å². The smallest absolute Gasteiger partial charge is 0.316 e. The summed E-state index contributed by atoms with van der Waals surface area (Å²) >= 11 is 0.